The second-order valence-corrected chi connectivity index (χ2v) is 3.60. The van der Waals surface area contributed by atoms with Gasteiger partial charge in [0.25, 0.3) is 0 Å². The normalized spacial score (nSPS) is 11.2. The number of aliphatic carboxylic acids is 1. The summed E-state index contributed by atoms with van der Waals surface area (Å²) in [6.07, 6.45) is 0.639. The first-order valence-electron chi connectivity index (χ1n) is 4.61. The number of carboxylic acids is 1. The highest BCUT2D eigenvalue weighted by Gasteiger charge is 2.10. The Labute approximate surface area is 79.2 Å². The molecule has 0 aliphatic carbocycles. The zero-order valence-corrected chi connectivity index (χ0v) is 8.36. The molecule has 0 heterocycles. The summed E-state index contributed by atoms with van der Waals surface area (Å²) >= 11 is 0. The molecule has 0 aliphatic rings. The molecule has 0 radical (unpaired) electrons. The summed E-state index contributed by atoms with van der Waals surface area (Å²) in [5.41, 5.74) is 0. The Bertz CT molecular complexity index is 148. The number of hydrogen-bond acceptors (Lipinski definition) is 3. The quantitative estimate of drug-likeness (QED) is 0.609. The summed E-state index contributed by atoms with van der Waals surface area (Å²) in [6, 6.07) is 0. The van der Waals surface area contributed by atoms with Gasteiger partial charge in [-0.05, 0) is 12.3 Å². The fraction of sp³-hybridized carbons (Fsp3) is 0.889. The standard InChI is InChI=1S/C9H19NO3/c1-8(2)6-10(4-3-5-11)7-9(12)13/h8,11H,3-7H2,1-2H3,(H,12,13). The Hall–Kier alpha value is -0.610. The first-order chi connectivity index (χ1) is 6.06. The van der Waals surface area contributed by atoms with Crippen molar-refractivity contribution in [3.05, 3.63) is 0 Å². The minimum absolute atomic E-state index is 0.0676. The molecule has 2 N–H and O–H groups in total. The van der Waals surface area contributed by atoms with Crippen molar-refractivity contribution in [2.45, 2.75) is 20.3 Å². The minimum Gasteiger partial charge on any atom is -0.480 e. The second-order valence-electron chi connectivity index (χ2n) is 3.60. The van der Waals surface area contributed by atoms with E-state index in [0.717, 1.165) is 6.54 Å². The maximum atomic E-state index is 10.5. The zero-order valence-electron chi connectivity index (χ0n) is 8.36. The summed E-state index contributed by atoms with van der Waals surface area (Å²) in [5, 5.41) is 17.2. The Kier molecular flexibility index (Phi) is 6.54. The highest BCUT2D eigenvalue weighted by Crippen LogP contribution is 1.99. The SMILES string of the molecule is CC(C)CN(CCCO)CC(=O)O. The molecule has 13 heavy (non-hydrogen) atoms. The van der Waals surface area contributed by atoms with E-state index < -0.39 is 5.97 Å². The lowest BCUT2D eigenvalue weighted by molar-refractivity contribution is -0.138. The van der Waals surface area contributed by atoms with E-state index in [4.69, 9.17) is 10.2 Å². The highest BCUT2D eigenvalue weighted by molar-refractivity contribution is 5.69. The molecule has 0 saturated carbocycles. The van der Waals surface area contributed by atoms with E-state index in [0.29, 0.717) is 18.9 Å². The van der Waals surface area contributed by atoms with Gasteiger partial charge in [0.15, 0.2) is 0 Å². The van der Waals surface area contributed by atoms with Crippen LogP contribution >= 0.6 is 0 Å². The average Bonchev–Trinajstić information content (AvgIpc) is 1.98. The Morgan fingerprint density at radius 1 is 1.46 bits per heavy atom. The van der Waals surface area contributed by atoms with E-state index in [-0.39, 0.29) is 13.2 Å². The summed E-state index contributed by atoms with van der Waals surface area (Å²) in [7, 11) is 0. The minimum atomic E-state index is -0.807. The number of aliphatic hydroxyl groups excluding tert-OH is 1. The first-order valence-corrected chi connectivity index (χ1v) is 4.61. The fourth-order valence-electron chi connectivity index (χ4n) is 1.24. The molecule has 0 aromatic heterocycles. The van der Waals surface area contributed by atoms with Gasteiger partial charge in [-0.3, -0.25) is 9.69 Å². The number of nitrogens with zero attached hydrogens (tertiary/aromatic N) is 1. The predicted octanol–water partition coefficient (Wildman–Crippen LogP) is 0.411. The largest absolute Gasteiger partial charge is 0.480 e. The van der Waals surface area contributed by atoms with Gasteiger partial charge in [0.05, 0.1) is 6.54 Å². The summed E-state index contributed by atoms with van der Waals surface area (Å²) in [4.78, 5) is 12.3. The molecule has 0 spiro atoms. The number of carboxylic acid groups (broad SMARTS) is 1. The molecular weight excluding hydrogens is 170 g/mol. The fourth-order valence-corrected chi connectivity index (χ4v) is 1.24. The van der Waals surface area contributed by atoms with E-state index in [1.165, 1.54) is 0 Å². The molecular formula is C9H19NO3. The molecule has 0 aliphatic heterocycles. The van der Waals surface area contributed by atoms with E-state index in [2.05, 4.69) is 0 Å². The topological polar surface area (TPSA) is 60.8 Å². The van der Waals surface area contributed by atoms with Gasteiger partial charge in [-0.15, -0.1) is 0 Å². The molecule has 4 nitrogen and oxygen atoms in total. The second kappa shape index (κ2) is 6.86. The molecule has 0 unspecified atom stereocenters. The van der Waals surface area contributed by atoms with Crippen LogP contribution in [0.4, 0.5) is 0 Å². The van der Waals surface area contributed by atoms with Crippen molar-refractivity contribution in [2.75, 3.05) is 26.2 Å². The zero-order chi connectivity index (χ0) is 10.3. The summed E-state index contributed by atoms with van der Waals surface area (Å²) in [5.74, 6) is -0.350. The lowest BCUT2D eigenvalue weighted by Crippen LogP contribution is -2.34. The average molecular weight is 189 g/mol. The van der Waals surface area contributed by atoms with Crippen LogP contribution in [0.2, 0.25) is 0 Å². The van der Waals surface area contributed by atoms with Crippen molar-refractivity contribution >= 4 is 5.97 Å². The van der Waals surface area contributed by atoms with Gasteiger partial charge in [0, 0.05) is 19.7 Å². The van der Waals surface area contributed by atoms with Crippen LogP contribution in [-0.2, 0) is 4.79 Å². The van der Waals surface area contributed by atoms with Crippen LogP contribution in [-0.4, -0.2) is 47.3 Å². The first kappa shape index (κ1) is 12.4. The van der Waals surface area contributed by atoms with E-state index in [1.54, 1.807) is 0 Å². The summed E-state index contributed by atoms with van der Waals surface area (Å²) < 4.78 is 0. The third-order valence-corrected chi connectivity index (χ3v) is 1.61. The molecule has 0 bridgehead atoms. The van der Waals surface area contributed by atoms with Gasteiger partial charge in [-0.1, -0.05) is 13.8 Å². The van der Waals surface area contributed by atoms with E-state index >= 15 is 0 Å². The molecule has 0 aromatic carbocycles. The lowest BCUT2D eigenvalue weighted by atomic mass is 10.2. The van der Waals surface area contributed by atoms with Crippen molar-refractivity contribution in [2.24, 2.45) is 5.92 Å². The molecule has 0 aromatic rings. The number of carbonyl (C=O) groups is 1. The van der Waals surface area contributed by atoms with Crippen LogP contribution in [0, 0.1) is 5.92 Å². The van der Waals surface area contributed by atoms with Gasteiger partial charge >= 0.3 is 5.97 Å². The van der Waals surface area contributed by atoms with Crippen LogP contribution in [0.15, 0.2) is 0 Å². The van der Waals surface area contributed by atoms with E-state index in [1.807, 2.05) is 18.7 Å². The molecule has 0 fully saturated rings. The monoisotopic (exact) mass is 189 g/mol. The highest BCUT2D eigenvalue weighted by atomic mass is 16.4. The maximum absolute atomic E-state index is 10.5. The van der Waals surface area contributed by atoms with Crippen LogP contribution in [0.1, 0.15) is 20.3 Å². The lowest BCUT2D eigenvalue weighted by Gasteiger charge is -2.21. The van der Waals surface area contributed by atoms with Crippen molar-refractivity contribution in [1.82, 2.24) is 4.90 Å². The third-order valence-electron chi connectivity index (χ3n) is 1.61. The maximum Gasteiger partial charge on any atom is 0.317 e. The van der Waals surface area contributed by atoms with Crippen LogP contribution < -0.4 is 0 Å². The number of aliphatic hydroxyl groups is 1. The van der Waals surface area contributed by atoms with Gasteiger partial charge in [-0.2, -0.15) is 0 Å². The molecule has 0 atom stereocenters. The Morgan fingerprint density at radius 3 is 2.46 bits per heavy atom. The smallest absolute Gasteiger partial charge is 0.317 e. The molecule has 0 saturated heterocycles. The van der Waals surface area contributed by atoms with Gasteiger partial charge < -0.3 is 10.2 Å². The van der Waals surface area contributed by atoms with Gasteiger partial charge in [0.2, 0.25) is 0 Å². The number of hydrogen-bond donors (Lipinski definition) is 2. The van der Waals surface area contributed by atoms with Crippen molar-refractivity contribution in [3.8, 4) is 0 Å². The van der Waals surface area contributed by atoms with Crippen LogP contribution in [0.25, 0.3) is 0 Å². The predicted molar refractivity (Wildman–Crippen MR) is 50.6 cm³/mol. The number of rotatable bonds is 7. The Balaban J connectivity index is 3.80. The summed E-state index contributed by atoms with van der Waals surface area (Å²) in [6.45, 7) is 5.71. The van der Waals surface area contributed by atoms with E-state index in [9.17, 15) is 4.79 Å². The molecule has 0 rings (SSSR count). The third kappa shape index (κ3) is 7.74. The molecule has 78 valence electrons. The Morgan fingerprint density at radius 2 is 2.08 bits per heavy atom. The van der Waals surface area contributed by atoms with Crippen LogP contribution in [0.5, 0.6) is 0 Å². The van der Waals surface area contributed by atoms with Crippen molar-refractivity contribution in [3.63, 3.8) is 0 Å². The molecule has 0 amide bonds. The van der Waals surface area contributed by atoms with Gasteiger partial charge in [0.1, 0.15) is 0 Å². The van der Waals surface area contributed by atoms with Crippen molar-refractivity contribution < 1.29 is 15.0 Å². The van der Waals surface area contributed by atoms with Crippen molar-refractivity contribution in [1.29, 1.82) is 0 Å². The van der Waals surface area contributed by atoms with Gasteiger partial charge in [-0.25, -0.2) is 0 Å². The van der Waals surface area contributed by atoms with Crippen LogP contribution in [0.3, 0.4) is 0 Å². The molecule has 4 heteroatoms.